The van der Waals surface area contributed by atoms with E-state index < -0.39 is 35.1 Å². The number of fused-ring (bicyclic) bond motifs is 2. The Morgan fingerprint density at radius 3 is 2.62 bits per heavy atom. The van der Waals surface area contributed by atoms with Crippen LogP contribution in [-0.2, 0) is 17.8 Å². The number of pyridine rings is 1. The Hall–Kier alpha value is -3.27. The molecule has 2 aliphatic heterocycles. The van der Waals surface area contributed by atoms with Gasteiger partial charge in [-0.3, -0.25) is 14.4 Å². The molecule has 3 heterocycles. The van der Waals surface area contributed by atoms with E-state index >= 15 is 0 Å². The SMILES string of the molecule is CC[C@H]1CCN2C(=O)c3c(OC)c(=O)c(C(=O)NCc4cc(F)cc(F)c4)cn3C[C@@H]2O1. The maximum Gasteiger partial charge on any atom is 0.276 e. The number of methoxy groups -OCH3 is 1. The molecule has 1 aromatic heterocycles. The molecule has 170 valence electrons. The van der Waals surface area contributed by atoms with Gasteiger partial charge in [-0.25, -0.2) is 8.78 Å². The molecule has 2 amide bonds. The number of carbonyl (C=O) groups excluding carboxylic acids is 2. The molecule has 8 nitrogen and oxygen atoms in total. The van der Waals surface area contributed by atoms with Crippen LogP contribution in [0.15, 0.2) is 29.2 Å². The zero-order chi connectivity index (χ0) is 23.0. The van der Waals surface area contributed by atoms with Crippen molar-refractivity contribution < 1.29 is 27.8 Å². The Morgan fingerprint density at radius 1 is 1.25 bits per heavy atom. The summed E-state index contributed by atoms with van der Waals surface area (Å²) in [5.74, 6) is -2.92. The van der Waals surface area contributed by atoms with Gasteiger partial charge in [0.05, 0.1) is 19.8 Å². The summed E-state index contributed by atoms with van der Waals surface area (Å²) in [7, 11) is 1.26. The van der Waals surface area contributed by atoms with Crippen LogP contribution < -0.4 is 15.5 Å². The summed E-state index contributed by atoms with van der Waals surface area (Å²) in [4.78, 5) is 40.3. The lowest BCUT2D eigenvalue weighted by Gasteiger charge is -2.43. The number of aromatic nitrogens is 1. The van der Waals surface area contributed by atoms with Crippen molar-refractivity contribution in [2.24, 2.45) is 0 Å². The first kappa shape index (κ1) is 21.9. The first-order valence-electron chi connectivity index (χ1n) is 10.3. The number of hydrogen-bond acceptors (Lipinski definition) is 5. The van der Waals surface area contributed by atoms with Crippen molar-refractivity contribution in [2.45, 2.75) is 45.2 Å². The van der Waals surface area contributed by atoms with Crippen LogP contribution in [0, 0.1) is 11.6 Å². The molecule has 32 heavy (non-hydrogen) atoms. The summed E-state index contributed by atoms with van der Waals surface area (Å²) in [5.41, 5.74) is -0.714. The molecule has 2 aliphatic rings. The van der Waals surface area contributed by atoms with Gasteiger partial charge in [0, 0.05) is 25.4 Å². The minimum atomic E-state index is -0.772. The summed E-state index contributed by atoms with van der Waals surface area (Å²) in [5, 5.41) is 2.48. The standard InChI is InChI=1S/C22H23F2N3O5/c1-3-15-4-5-27-17(32-15)11-26-10-16(19(28)20(31-2)18(26)22(27)30)21(29)25-9-12-6-13(23)8-14(24)7-12/h6-8,10,15,17H,3-5,9,11H2,1-2H3,(H,25,29)/t15-,17-/m0/s1. The number of nitrogens with zero attached hydrogens (tertiary/aromatic N) is 2. The molecule has 0 bridgehead atoms. The highest BCUT2D eigenvalue weighted by Gasteiger charge is 2.40. The number of hydrogen-bond donors (Lipinski definition) is 1. The molecular weight excluding hydrogens is 424 g/mol. The molecule has 1 fully saturated rings. The van der Waals surface area contributed by atoms with Crippen molar-refractivity contribution in [2.75, 3.05) is 13.7 Å². The molecule has 2 aromatic rings. The highest BCUT2D eigenvalue weighted by Crippen LogP contribution is 2.29. The number of ether oxygens (including phenoxy) is 2. The first-order valence-corrected chi connectivity index (χ1v) is 10.3. The van der Waals surface area contributed by atoms with Crippen LogP contribution in [0.4, 0.5) is 8.78 Å². The summed E-state index contributed by atoms with van der Waals surface area (Å²) in [6, 6.07) is 2.89. The van der Waals surface area contributed by atoms with Crippen LogP contribution in [0.3, 0.4) is 0 Å². The van der Waals surface area contributed by atoms with Crippen molar-refractivity contribution in [3.05, 3.63) is 63.1 Å². The van der Waals surface area contributed by atoms with Gasteiger partial charge in [-0.05, 0) is 30.5 Å². The van der Waals surface area contributed by atoms with Crippen molar-refractivity contribution in [3.8, 4) is 5.75 Å². The van der Waals surface area contributed by atoms with Crippen molar-refractivity contribution in [1.82, 2.24) is 14.8 Å². The van der Waals surface area contributed by atoms with Gasteiger partial charge < -0.3 is 24.3 Å². The van der Waals surface area contributed by atoms with Gasteiger partial charge in [-0.2, -0.15) is 0 Å². The molecule has 0 saturated carbocycles. The fourth-order valence-electron chi connectivity index (χ4n) is 4.11. The van der Waals surface area contributed by atoms with Gasteiger partial charge in [-0.15, -0.1) is 0 Å². The second-order valence-corrected chi connectivity index (χ2v) is 7.77. The van der Waals surface area contributed by atoms with Crippen LogP contribution >= 0.6 is 0 Å². The molecule has 0 spiro atoms. The van der Waals surface area contributed by atoms with Gasteiger partial charge in [-0.1, -0.05) is 6.92 Å². The van der Waals surface area contributed by atoms with Crippen molar-refractivity contribution >= 4 is 11.8 Å². The molecular formula is C22H23F2N3O5. The van der Waals surface area contributed by atoms with Gasteiger partial charge in [0.25, 0.3) is 11.8 Å². The number of benzene rings is 1. The van der Waals surface area contributed by atoms with E-state index in [1.807, 2.05) is 6.92 Å². The van der Waals surface area contributed by atoms with Crippen LogP contribution in [0.1, 0.15) is 46.2 Å². The number of rotatable bonds is 5. The fraction of sp³-hybridized carbons (Fsp3) is 0.409. The maximum absolute atomic E-state index is 13.4. The van der Waals surface area contributed by atoms with E-state index in [4.69, 9.17) is 9.47 Å². The Kier molecular flexibility index (Phi) is 5.96. The summed E-state index contributed by atoms with van der Waals surface area (Å²) >= 11 is 0. The molecule has 1 aromatic carbocycles. The lowest BCUT2D eigenvalue weighted by Crippen LogP contribution is -2.55. The third-order valence-electron chi connectivity index (χ3n) is 5.72. The minimum absolute atomic E-state index is 0.0290. The zero-order valence-electron chi connectivity index (χ0n) is 17.7. The monoisotopic (exact) mass is 447 g/mol. The number of halogens is 2. The van der Waals surface area contributed by atoms with Crippen molar-refractivity contribution in [3.63, 3.8) is 0 Å². The number of nitrogens with one attached hydrogen (secondary N) is 1. The average molecular weight is 447 g/mol. The highest BCUT2D eigenvalue weighted by atomic mass is 19.1. The Labute approximate surface area is 182 Å². The summed E-state index contributed by atoms with van der Waals surface area (Å²) in [6.45, 7) is 2.56. The smallest absolute Gasteiger partial charge is 0.276 e. The fourth-order valence-corrected chi connectivity index (χ4v) is 4.11. The van der Waals surface area contributed by atoms with Gasteiger partial charge in [0.1, 0.15) is 17.2 Å². The molecule has 2 atom stereocenters. The van der Waals surface area contributed by atoms with E-state index in [1.54, 1.807) is 4.90 Å². The van der Waals surface area contributed by atoms with E-state index in [0.29, 0.717) is 13.0 Å². The van der Waals surface area contributed by atoms with Gasteiger partial charge in [0.2, 0.25) is 5.43 Å². The first-order chi connectivity index (χ1) is 15.3. The second-order valence-electron chi connectivity index (χ2n) is 7.77. The summed E-state index contributed by atoms with van der Waals surface area (Å²) in [6.07, 6.45) is 2.34. The van der Waals surface area contributed by atoms with E-state index in [9.17, 15) is 23.2 Å². The van der Waals surface area contributed by atoms with E-state index in [1.165, 1.54) is 17.9 Å². The number of amides is 2. The minimum Gasteiger partial charge on any atom is -0.491 e. The van der Waals surface area contributed by atoms with Gasteiger partial charge in [0.15, 0.2) is 17.7 Å². The molecule has 1 N–H and O–H groups in total. The van der Waals surface area contributed by atoms with Crippen LogP contribution in [-0.4, -0.2) is 47.3 Å². The quantitative estimate of drug-likeness (QED) is 0.758. The molecule has 0 unspecified atom stereocenters. The predicted octanol–water partition coefficient (Wildman–Crippen LogP) is 2.05. The average Bonchev–Trinajstić information content (AvgIpc) is 2.76. The zero-order valence-corrected chi connectivity index (χ0v) is 17.7. The third-order valence-corrected chi connectivity index (χ3v) is 5.72. The molecule has 0 aliphatic carbocycles. The third kappa shape index (κ3) is 3.97. The van der Waals surface area contributed by atoms with Crippen molar-refractivity contribution in [1.29, 1.82) is 0 Å². The summed E-state index contributed by atoms with van der Waals surface area (Å²) < 4.78 is 39.5. The van der Waals surface area contributed by atoms with E-state index in [-0.39, 0.29) is 41.8 Å². The normalized spacial score (nSPS) is 19.9. The van der Waals surface area contributed by atoms with E-state index in [2.05, 4.69) is 5.32 Å². The molecule has 4 rings (SSSR count). The molecule has 10 heteroatoms. The Balaban J connectivity index is 1.64. The second kappa shape index (κ2) is 8.70. The Bertz CT molecular complexity index is 1110. The number of carbonyl (C=O) groups is 2. The predicted molar refractivity (Wildman–Crippen MR) is 109 cm³/mol. The molecule has 0 radical (unpaired) electrons. The lowest BCUT2D eigenvalue weighted by molar-refractivity contribution is -0.134. The maximum atomic E-state index is 13.4. The van der Waals surface area contributed by atoms with E-state index in [0.717, 1.165) is 24.6 Å². The van der Waals surface area contributed by atoms with Crippen LogP contribution in [0.25, 0.3) is 0 Å². The lowest BCUT2D eigenvalue weighted by atomic mass is 10.1. The van der Waals surface area contributed by atoms with Crippen LogP contribution in [0.5, 0.6) is 5.75 Å². The molecule has 1 saturated heterocycles. The highest BCUT2D eigenvalue weighted by molar-refractivity contribution is 5.99. The largest absolute Gasteiger partial charge is 0.491 e. The van der Waals surface area contributed by atoms with Gasteiger partial charge >= 0.3 is 0 Å². The van der Waals surface area contributed by atoms with Crippen LogP contribution in [0.2, 0.25) is 0 Å². The Morgan fingerprint density at radius 2 is 1.97 bits per heavy atom. The topological polar surface area (TPSA) is 89.9 Å².